The highest BCUT2D eigenvalue weighted by molar-refractivity contribution is 7.48. The van der Waals surface area contributed by atoms with Gasteiger partial charge in [-0.25, -0.2) is 4.57 Å². The molecule has 0 saturated carbocycles. The van der Waals surface area contributed by atoms with Gasteiger partial charge in [0.1, 0.15) is 0 Å². The SMILES string of the molecule is CCCCO[P@]1(=O)OCC[C@@H](CCl)O1. The zero-order chi connectivity index (χ0) is 10.4. The van der Waals surface area contributed by atoms with Crippen LogP contribution >= 0.6 is 19.4 Å². The number of unbranched alkanes of at least 4 members (excludes halogenated alkanes) is 1. The lowest BCUT2D eigenvalue weighted by atomic mass is 10.3. The van der Waals surface area contributed by atoms with Crippen molar-refractivity contribution in [1.82, 2.24) is 0 Å². The van der Waals surface area contributed by atoms with E-state index in [9.17, 15) is 4.57 Å². The van der Waals surface area contributed by atoms with E-state index in [0.29, 0.717) is 25.5 Å². The summed E-state index contributed by atoms with van der Waals surface area (Å²) in [6, 6.07) is 0. The Morgan fingerprint density at radius 2 is 2.43 bits per heavy atom. The molecule has 0 N–H and O–H groups in total. The molecule has 0 aromatic rings. The summed E-state index contributed by atoms with van der Waals surface area (Å²) < 4.78 is 27.0. The Bertz CT molecular complexity index is 212. The van der Waals surface area contributed by atoms with Gasteiger partial charge in [-0.1, -0.05) is 13.3 Å². The molecule has 1 fully saturated rings. The lowest BCUT2D eigenvalue weighted by Crippen LogP contribution is -2.22. The van der Waals surface area contributed by atoms with Crippen molar-refractivity contribution in [2.24, 2.45) is 0 Å². The molecule has 1 rings (SSSR count). The van der Waals surface area contributed by atoms with Gasteiger partial charge in [-0.2, -0.15) is 0 Å². The number of halogens is 1. The Hall–Kier alpha value is 0.400. The average molecular weight is 243 g/mol. The van der Waals surface area contributed by atoms with Crippen molar-refractivity contribution in [3.8, 4) is 0 Å². The summed E-state index contributed by atoms with van der Waals surface area (Å²) in [6.45, 7) is 2.83. The zero-order valence-electron chi connectivity index (χ0n) is 8.28. The molecule has 0 unspecified atom stereocenters. The molecule has 1 heterocycles. The smallest absolute Gasteiger partial charge is 0.287 e. The van der Waals surface area contributed by atoms with Crippen molar-refractivity contribution in [2.45, 2.75) is 32.3 Å². The summed E-state index contributed by atoms with van der Waals surface area (Å²) >= 11 is 5.61. The van der Waals surface area contributed by atoms with Gasteiger partial charge < -0.3 is 0 Å². The van der Waals surface area contributed by atoms with E-state index in [0.717, 1.165) is 12.8 Å². The van der Waals surface area contributed by atoms with Gasteiger partial charge in [0.2, 0.25) is 0 Å². The first-order valence-electron chi connectivity index (χ1n) is 4.83. The van der Waals surface area contributed by atoms with E-state index < -0.39 is 7.82 Å². The summed E-state index contributed by atoms with van der Waals surface area (Å²) in [5.74, 6) is 0.324. The lowest BCUT2D eigenvalue weighted by Gasteiger charge is -2.27. The van der Waals surface area contributed by atoms with Gasteiger partial charge in [-0.05, 0) is 12.8 Å². The molecule has 0 aromatic heterocycles. The van der Waals surface area contributed by atoms with Crippen molar-refractivity contribution in [3.63, 3.8) is 0 Å². The Labute approximate surface area is 89.5 Å². The molecule has 6 heteroatoms. The van der Waals surface area contributed by atoms with E-state index in [-0.39, 0.29) is 6.10 Å². The largest absolute Gasteiger partial charge is 0.475 e. The fourth-order valence-electron chi connectivity index (χ4n) is 1.06. The second kappa shape index (κ2) is 6.09. The van der Waals surface area contributed by atoms with Crippen LogP contribution in [-0.4, -0.2) is 25.2 Å². The first kappa shape index (κ1) is 12.5. The zero-order valence-corrected chi connectivity index (χ0v) is 9.93. The van der Waals surface area contributed by atoms with Gasteiger partial charge in [0.15, 0.2) is 0 Å². The van der Waals surface area contributed by atoms with Crippen molar-refractivity contribution < 1.29 is 18.1 Å². The molecule has 4 nitrogen and oxygen atoms in total. The minimum absolute atomic E-state index is 0.210. The lowest BCUT2D eigenvalue weighted by molar-refractivity contribution is 0.0379. The van der Waals surface area contributed by atoms with Gasteiger partial charge in [0, 0.05) is 5.88 Å². The van der Waals surface area contributed by atoms with Crippen molar-refractivity contribution >= 4 is 19.4 Å². The minimum Gasteiger partial charge on any atom is -0.287 e. The molecule has 0 radical (unpaired) electrons. The Morgan fingerprint density at radius 1 is 1.64 bits per heavy atom. The summed E-state index contributed by atoms with van der Waals surface area (Å²) in [5.41, 5.74) is 0. The normalized spacial score (nSPS) is 33.1. The van der Waals surface area contributed by atoms with Crippen LogP contribution in [-0.2, 0) is 18.1 Å². The molecular weight excluding hydrogens is 227 g/mol. The minimum atomic E-state index is -3.30. The Kier molecular flexibility index (Phi) is 5.42. The molecule has 0 spiro atoms. The number of alkyl halides is 1. The quantitative estimate of drug-likeness (QED) is 0.422. The summed E-state index contributed by atoms with van der Waals surface area (Å²) in [4.78, 5) is 0. The molecule has 0 aliphatic carbocycles. The number of phosphoric acid groups is 1. The van der Waals surface area contributed by atoms with E-state index in [1.54, 1.807) is 0 Å². The molecule has 1 aliphatic heterocycles. The number of rotatable bonds is 5. The third kappa shape index (κ3) is 3.87. The predicted molar refractivity (Wildman–Crippen MR) is 54.6 cm³/mol. The molecule has 0 aromatic carbocycles. The maximum absolute atomic E-state index is 11.8. The Morgan fingerprint density at radius 3 is 3.07 bits per heavy atom. The molecule has 1 aliphatic rings. The van der Waals surface area contributed by atoms with Crippen molar-refractivity contribution in [1.29, 1.82) is 0 Å². The first-order chi connectivity index (χ1) is 6.70. The van der Waals surface area contributed by atoms with Crippen molar-refractivity contribution in [2.75, 3.05) is 19.1 Å². The summed E-state index contributed by atoms with van der Waals surface area (Å²) in [6.07, 6.45) is 2.30. The Balaban J connectivity index is 2.35. The highest BCUT2D eigenvalue weighted by atomic mass is 35.5. The van der Waals surface area contributed by atoms with Gasteiger partial charge >= 0.3 is 7.82 Å². The van der Waals surface area contributed by atoms with Crippen LogP contribution in [0, 0.1) is 0 Å². The predicted octanol–water partition coefficient (Wildman–Crippen LogP) is 2.96. The van der Waals surface area contributed by atoms with Crippen LogP contribution in [0.4, 0.5) is 0 Å². The summed E-state index contributed by atoms with van der Waals surface area (Å²) in [5, 5.41) is 0. The van der Waals surface area contributed by atoms with E-state index in [4.69, 9.17) is 25.2 Å². The molecule has 2 atom stereocenters. The molecule has 84 valence electrons. The number of phosphoric ester groups is 1. The number of hydrogen-bond acceptors (Lipinski definition) is 4. The highest BCUT2D eigenvalue weighted by Gasteiger charge is 2.34. The number of hydrogen-bond donors (Lipinski definition) is 0. The molecule has 14 heavy (non-hydrogen) atoms. The van der Waals surface area contributed by atoms with Crippen LogP contribution in [0.15, 0.2) is 0 Å². The molecule has 0 amide bonds. The molecule has 0 bridgehead atoms. The van der Waals surface area contributed by atoms with Crippen molar-refractivity contribution in [3.05, 3.63) is 0 Å². The van der Waals surface area contributed by atoms with E-state index in [1.807, 2.05) is 6.92 Å². The van der Waals surface area contributed by atoms with Crippen LogP contribution < -0.4 is 0 Å². The monoisotopic (exact) mass is 242 g/mol. The average Bonchev–Trinajstić information content (AvgIpc) is 2.18. The van der Waals surface area contributed by atoms with Gasteiger partial charge in [-0.3, -0.25) is 13.6 Å². The molecular formula is C8H16ClO4P. The second-order valence-electron chi connectivity index (χ2n) is 3.14. The van der Waals surface area contributed by atoms with Gasteiger partial charge in [0.05, 0.1) is 19.3 Å². The second-order valence-corrected chi connectivity index (χ2v) is 5.07. The van der Waals surface area contributed by atoms with Crippen LogP contribution in [0.5, 0.6) is 0 Å². The van der Waals surface area contributed by atoms with Crippen LogP contribution in [0.25, 0.3) is 0 Å². The molecule has 1 saturated heterocycles. The van der Waals surface area contributed by atoms with E-state index in [1.165, 1.54) is 0 Å². The maximum atomic E-state index is 11.8. The summed E-state index contributed by atoms with van der Waals surface area (Å²) in [7, 11) is -3.30. The topological polar surface area (TPSA) is 44.8 Å². The van der Waals surface area contributed by atoms with Crippen LogP contribution in [0.2, 0.25) is 0 Å². The van der Waals surface area contributed by atoms with Gasteiger partial charge in [-0.15, -0.1) is 11.6 Å². The first-order valence-corrected chi connectivity index (χ1v) is 6.83. The fourth-order valence-corrected chi connectivity index (χ4v) is 2.78. The van der Waals surface area contributed by atoms with E-state index >= 15 is 0 Å². The van der Waals surface area contributed by atoms with E-state index in [2.05, 4.69) is 0 Å². The van der Waals surface area contributed by atoms with Gasteiger partial charge in [0.25, 0.3) is 0 Å². The van der Waals surface area contributed by atoms with Crippen LogP contribution in [0.3, 0.4) is 0 Å². The fraction of sp³-hybridized carbons (Fsp3) is 1.00. The maximum Gasteiger partial charge on any atom is 0.475 e. The third-order valence-corrected chi connectivity index (χ3v) is 3.78. The third-order valence-electron chi connectivity index (χ3n) is 1.89. The standard InChI is InChI=1S/C8H16ClO4P/c1-2-3-5-11-14(10)12-6-4-8(7-9)13-14/h8H,2-7H2,1H3/t8-,14+/m0/s1. The van der Waals surface area contributed by atoms with Crippen LogP contribution in [0.1, 0.15) is 26.2 Å². The highest BCUT2D eigenvalue weighted by Crippen LogP contribution is 2.53.